The van der Waals surface area contributed by atoms with Gasteiger partial charge in [0.15, 0.2) is 11.6 Å². The summed E-state index contributed by atoms with van der Waals surface area (Å²) in [6.45, 7) is 0. The van der Waals surface area contributed by atoms with E-state index in [-0.39, 0.29) is 40.0 Å². The molecule has 0 aliphatic carbocycles. The standard InChI is InChI=1S/C25H15N9O4/c26-13-16-14-29-33(25-27-9-4-10-28-25)23(16)32-31-21-19-8-2-1-5-15(19)11-20(22(21)35)24(36)30-17-6-3-7-18(12-17)34(37)38/h1-12,14,35H,(H,30,36)/b32-31+. The van der Waals surface area contributed by atoms with E-state index in [0.29, 0.717) is 10.8 Å². The molecular weight excluding hydrogens is 490 g/mol. The molecule has 0 saturated heterocycles. The molecule has 0 radical (unpaired) electrons. The van der Waals surface area contributed by atoms with E-state index in [1.807, 2.05) is 6.07 Å². The molecule has 2 aromatic heterocycles. The van der Waals surface area contributed by atoms with Gasteiger partial charge >= 0.3 is 0 Å². The Balaban J connectivity index is 1.59. The van der Waals surface area contributed by atoms with Crippen LogP contribution in [0.1, 0.15) is 15.9 Å². The van der Waals surface area contributed by atoms with E-state index in [9.17, 15) is 25.3 Å². The lowest BCUT2D eigenvalue weighted by Gasteiger charge is -2.11. The fourth-order valence-corrected chi connectivity index (χ4v) is 3.65. The van der Waals surface area contributed by atoms with Crippen molar-refractivity contribution in [3.8, 4) is 17.8 Å². The number of aromatic hydroxyl groups is 1. The largest absolute Gasteiger partial charge is 0.505 e. The summed E-state index contributed by atoms with van der Waals surface area (Å²) >= 11 is 0. The number of rotatable bonds is 6. The summed E-state index contributed by atoms with van der Waals surface area (Å²) in [5.41, 5.74) is -0.107. The maximum absolute atomic E-state index is 13.1. The van der Waals surface area contributed by atoms with Gasteiger partial charge in [-0.1, -0.05) is 30.3 Å². The Hall–Kier alpha value is -6.03. The van der Waals surface area contributed by atoms with Gasteiger partial charge in [0, 0.05) is 35.6 Å². The number of carbonyl (C=O) groups excluding carboxylic acids is 1. The Kier molecular flexibility index (Phi) is 6.18. The second-order valence-corrected chi connectivity index (χ2v) is 7.76. The Labute approximate surface area is 213 Å². The van der Waals surface area contributed by atoms with Gasteiger partial charge in [0.1, 0.15) is 17.3 Å². The number of hydrogen-bond acceptors (Lipinski definition) is 10. The van der Waals surface area contributed by atoms with Gasteiger partial charge in [-0.2, -0.15) is 15.0 Å². The minimum Gasteiger partial charge on any atom is -0.505 e. The maximum atomic E-state index is 13.1. The van der Waals surface area contributed by atoms with Crippen LogP contribution >= 0.6 is 0 Å². The molecule has 0 atom stereocenters. The van der Waals surface area contributed by atoms with Crippen LogP contribution in [0, 0.1) is 21.4 Å². The number of benzene rings is 3. The Morgan fingerprint density at radius 1 is 1.08 bits per heavy atom. The minimum atomic E-state index is -0.717. The number of carbonyl (C=O) groups is 1. The molecule has 13 heteroatoms. The predicted octanol–water partition coefficient (Wildman–Crippen LogP) is 4.97. The molecule has 0 unspecified atom stereocenters. The predicted molar refractivity (Wildman–Crippen MR) is 135 cm³/mol. The van der Waals surface area contributed by atoms with E-state index in [2.05, 4.69) is 30.6 Å². The van der Waals surface area contributed by atoms with Gasteiger partial charge in [0.2, 0.25) is 0 Å². The van der Waals surface area contributed by atoms with Crippen molar-refractivity contribution in [2.75, 3.05) is 5.32 Å². The molecule has 0 bridgehead atoms. The molecule has 3 aromatic carbocycles. The Morgan fingerprint density at radius 3 is 2.63 bits per heavy atom. The van der Waals surface area contributed by atoms with Crippen LogP contribution in [-0.4, -0.2) is 35.7 Å². The second-order valence-electron chi connectivity index (χ2n) is 7.76. The number of nitriles is 1. The molecule has 5 aromatic rings. The number of phenolic OH excluding ortho intramolecular Hbond substituents is 1. The van der Waals surface area contributed by atoms with Crippen LogP contribution < -0.4 is 5.32 Å². The van der Waals surface area contributed by atoms with Crippen molar-refractivity contribution in [3.63, 3.8) is 0 Å². The topological polar surface area (TPSA) is 185 Å². The number of nitrogens with zero attached hydrogens (tertiary/aromatic N) is 8. The summed E-state index contributed by atoms with van der Waals surface area (Å²) < 4.78 is 1.22. The number of aromatic nitrogens is 4. The second kappa shape index (κ2) is 9.91. The van der Waals surface area contributed by atoms with E-state index in [4.69, 9.17) is 0 Å². The zero-order valence-electron chi connectivity index (χ0n) is 19.3. The van der Waals surface area contributed by atoms with Crippen LogP contribution in [0.4, 0.5) is 22.9 Å². The third kappa shape index (κ3) is 4.48. The van der Waals surface area contributed by atoms with Crippen LogP contribution in [-0.2, 0) is 0 Å². The molecule has 13 nitrogen and oxygen atoms in total. The highest BCUT2D eigenvalue weighted by Gasteiger charge is 2.20. The number of azo groups is 1. The van der Waals surface area contributed by atoms with Crippen LogP contribution in [0.3, 0.4) is 0 Å². The number of anilines is 1. The number of phenols is 1. The molecule has 0 aliphatic heterocycles. The summed E-state index contributed by atoms with van der Waals surface area (Å²) in [5, 5.41) is 47.8. The molecule has 184 valence electrons. The highest BCUT2D eigenvalue weighted by Crippen LogP contribution is 2.40. The first-order chi connectivity index (χ1) is 18.5. The van der Waals surface area contributed by atoms with E-state index >= 15 is 0 Å². The number of non-ortho nitro benzene ring substituents is 1. The van der Waals surface area contributed by atoms with E-state index < -0.39 is 16.6 Å². The van der Waals surface area contributed by atoms with Crippen molar-refractivity contribution < 1.29 is 14.8 Å². The first-order valence-electron chi connectivity index (χ1n) is 10.9. The van der Waals surface area contributed by atoms with Gasteiger partial charge in [-0.05, 0) is 23.6 Å². The van der Waals surface area contributed by atoms with Crippen LogP contribution in [0.15, 0.2) is 89.5 Å². The summed E-state index contributed by atoms with van der Waals surface area (Å²) in [6.07, 6.45) is 4.28. The van der Waals surface area contributed by atoms with Crippen molar-refractivity contribution in [2.45, 2.75) is 0 Å². The summed E-state index contributed by atoms with van der Waals surface area (Å²) in [4.78, 5) is 31.8. The minimum absolute atomic E-state index is 0.0219. The fourth-order valence-electron chi connectivity index (χ4n) is 3.65. The summed E-state index contributed by atoms with van der Waals surface area (Å²) in [7, 11) is 0. The lowest BCUT2D eigenvalue weighted by atomic mass is 10.0. The van der Waals surface area contributed by atoms with Gasteiger partial charge in [-0.25, -0.2) is 9.97 Å². The molecule has 38 heavy (non-hydrogen) atoms. The average Bonchev–Trinajstić information content (AvgIpc) is 3.35. The van der Waals surface area contributed by atoms with E-state index in [1.165, 1.54) is 53.6 Å². The molecule has 0 spiro atoms. The van der Waals surface area contributed by atoms with E-state index in [1.54, 1.807) is 30.3 Å². The molecule has 2 N–H and O–H groups in total. The highest BCUT2D eigenvalue weighted by atomic mass is 16.6. The molecule has 2 heterocycles. The zero-order valence-corrected chi connectivity index (χ0v) is 19.3. The SMILES string of the molecule is N#Cc1cnn(-c2ncccn2)c1/N=N/c1c(O)c(C(=O)Nc2cccc([N+](=O)[O-])c2)cc2ccccc12. The number of nitro benzene ring substituents is 1. The van der Waals surface area contributed by atoms with Crippen molar-refractivity contribution in [3.05, 3.63) is 100 Å². The third-order valence-electron chi connectivity index (χ3n) is 5.41. The smallest absolute Gasteiger partial charge is 0.271 e. The first-order valence-corrected chi connectivity index (χ1v) is 10.9. The fraction of sp³-hybridized carbons (Fsp3) is 0. The van der Waals surface area contributed by atoms with Gasteiger partial charge in [0.25, 0.3) is 17.5 Å². The number of fused-ring (bicyclic) bond motifs is 1. The van der Waals surface area contributed by atoms with Crippen LogP contribution in [0.5, 0.6) is 5.75 Å². The quantitative estimate of drug-likeness (QED) is 0.184. The Bertz CT molecular complexity index is 1780. The normalized spacial score (nSPS) is 10.9. The molecule has 0 fully saturated rings. The monoisotopic (exact) mass is 505 g/mol. The number of nitrogens with one attached hydrogen (secondary N) is 1. The molecule has 1 amide bonds. The van der Waals surface area contributed by atoms with Crippen molar-refractivity contribution in [1.29, 1.82) is 5.26 Å². The number of hydrogen-bond donors (Lipinski definition) is 2. The maximum Gasteiger partial charge on any atom is 0.271 e. The van der Waals surface area contributed by atoms with Crippen LogP contribution in [0.2, 0.25) is 0 Å². The first kappa shape index (κ1) is 23.7. The molecule has 0 aliphatic rings. The Morgan fingerprint density at radius 2 is 1.87 bits per heavy atom. The van der Waals surface area contributed by atoms with Gasteiger partial charge in [-0.3, -0.25) is 14.9 Å². The lowest BCUT2D eigenvalue weighted by molar-refractivity contribution is -0.384. The number of amides is 1. The van der Waals surface area contributed by atoms with Crippen molar-refractivity contribution in [2.24, 2.45) is 10.2 Å². The van der Waals surface area contributed by atoms with Crippen molar-refractivity contribution >= 4 is 39.6 Å². The molecular formula is C25H15N9O4. The van der Waals surface area contributed by atoms with Gasteiger partial charge < -0.3 is 10.4 Å². The molecule has 5 rings (SSSR count). The summed E-state index contributed by atoms with van der Waals surface area (Å²) in [6, 6.07) is 17.4. The van der Waals surface area contributed by atoms with Gasteiger partial charge in [0.05, 0.1) is 16.7 Å². The molecule has 0 saturated carbocycles. The van der Waals surface area contributed by atoms with Crippen LogP contribution in [0.25, 0.3) is 16.7 Å². The summed E-state index contributed by atoms with van der Waals surface area (Å²) in [5.74, 6) is -1.02. The average molecular weight is 505 g/mol. The van der Waals surface area contributed by atoms with Crippen molar-refractivity contribution in [1.82, 2.24) is 19.7 Å². The number of nitro groups is 1. The third-order valence-corrected chi connectivity index (χ3v) is 5.41. The van der Waals surface area contributed by atoms with E-state index in [0.717, 1.165) is 0 Å². The zero-order chi connectivity index (χ0) is 26.6. The van der Waals surface area contributed by atoms with Gasteiger partial charge in [-0.15, -0.1) is 10.2 Å². The lowest BCUT2D eigenvalue weighted by Crippen LogP contribution is -2.12. The highest BCUT2D eigenvalue weighted by molar-refractivity contribution is 6.11.